The standard InChI is InChI=1S/C30H28N8O2/c1-20(35-28-27-29(32-18-31-28)36(19-33-27)25-13-5-6-16-40-25)24-17-21-9-7-12-23(37-15-8-14-34-37)26(21)30(39)38(24)22-10-3-2-4-11-22/h2-4,7-12,14-15,17-20,25H,5-6,13,16H2,1H3,(H,31,32,35)/t20?,25-/m0/s1. The summed E-state index contributed by atoms with van der Waals surface area (Å²) in [5.74, 6) is 0.601. The number of benzene rings is 2. The van der Waals surface area contributed by atoms with Gasteiger partial charge in [-0.25, -0.2) is 19.6 Å². The van der Waals surface area contributed by atoms with Crippen molar-refractivity contribution in [1.82, 2.24) is 33.9 Å². The fourth-order valence-corrected chi connectivity index (χ4v) is 5.52. The van der Waals surface area contributed by atoms with Crippen LogP contribution in [0.1, 0.15) is 44.1 Å². The van der Waals surface area contributed by atoms with E-state index in [1.54, 1.807) is 28.1 Å². The minimum atomic E-state index is -0.292. The van der Waals surface area contributed by atoms with Crippen LogP contribution in [0.4, 0.5) is 5.82 Å². The molecule has 0 aliphatic carbocycles. The van der Waals surface area contributed by atoms with Crippen molar-refractivity contribution in [3.05, 3.63) is 102 Å². The van der Waals surface area contributed by atoms with Gasteiger partial charge in [0.15, 0.2) is 17.0 Å². The molecule has 40 heavy (non-hydrogen) atoms. The first-order chi connectivity index (χ1) is 19.7. The van der Waals surface area contributed by atoms with Gasteiger partial charge in [-0.1, -0.05) is 30.3 Å². The van der Waals surface area contributed by atoms with Gasteiger partial charge in [0.2, 0.25) is 0 Å². The summed E-state index contributed by atoms with van der Waals surface area (Å²) in [5, 5.41) is 9.33. The molecule has 10 heteroatoms. The number of aromatic nitrogens is 7. The lowest BCUT2D eigenvalue weighted by atomic mass is 10.1. The zero-order valence-corrected chi connectivity index (χ0v) is 22.0. The van der Waals surface area contributed by atoms with Crippen LogP contribution in [-0.2, 0) is 4.74 Å². The topological polar surface area (TPSA) is 105 Å². The van der Waals surface area contributed by atoms with Gasteiger partial charge in [-0.2, -0.15) is 5.10 Å². The van der Waals surface area contributed by atoms with Gasteiger partial charge >= 0.3 is 0 Å². The molecule has 7 rings (SSSR count). The van der Waals surface area contributed by atoms with Crippen LogP contribution in [0.25, 0.3) is 33.3 Å². The van der Waals surface area contributed by atoms with Crippen LogP contribution in [-0.4, -0.2) is 40.5 Å². The van der Waals surface area contributed by atoms with Crippen molar-refractivity contribution in [3.63, 3.8) is 0 Å². The molecule has 4 aromatic heterocycles. The zero-order chi connectivity index (χ0) is 27.1. The third kappa shape index (κ3) is 4.13. The van der Waals surface area contributed by atoms with E-state index in [-0.39, 0.29) is 17.8 Å². The normalized spacial score (nSPS) is 16.4. The Labute approximate surface area is 229 Å². The number of fused-ring (bicyclic) bond motifs is 2. The second kappa shape index (κ2) is 10.0. The average Bonchev–Trinajstić information content (AvgIpc) is 3.69. The van der Waals surface area contributed by atoms with E-state index in [0.29, 0.717) is 16.7 Å². The maximum atomic E-state index is 14.3. The predicted octanol–water partition coefficient (Wildman–Crippen LogP) is 5.19. The van der Waals surface area contributed by atoms with Crippen LogP contribution < -0.4 is 10.9 Å². The molecule has 2 aromatic carbocycles. The van der Waals surface area contributed by atoms with Gasteiger partial charge in [0.25, 0.3) is 5.56 Å². The SMILES string of the molecule is CC(Nc1ncnc2c1ncn2[C@@H]1CCCCO1)c1cc2cccc(-n3cccn3)c2c(=O)n1-c1ccccc1. The van der Waals surface area contributed by atoms with Gasteiger partial charge in [-0.05, 0) is 61.9 Å². The molecule has 0 bridgehead atoms. The Balaban J connectivity index is 1.35. The van der Waals surface area contributed by atoms with Crippen molar-refractivity contribution in [2.45, 2.75) is 38.5 Å². The Morgan fingerprint density at radius 3 is 2.73 bits per heavy atom. The van der Waals surface area contributed by atoms with E-state index in [0.717, 1.165) is 54.0 Å². The summed E-state index contributed by atoms with van der Waals surface area (Å²) in [7, 11) is 0. The summed E-state index contributed by atoms with van der Waals surface area (Å²) in [5.41, 5.74) is 3.57. The smallest absolute Gasteiger partial charge is 0.265 e. The molecular formula is C30H28N8O2. The summed E-state index contributed by atoms with van der Waals surface area (Å²) in [6.45, 7) is 2.76. The first-order valence-corrected chi connectivity index (χ1v) is 13.5. The van der Waals surface area contributed by atoms with Crippen molar-refractivity contribution in [2.75, 3.05) is 11.9 Å². The maximum absolute atomic E-state index is 14.3. The van der Waals surface area contributed by atoms with E-state index in [1.165, 1.54) is 0 Å². The monoisotopic (exact) mass is 532 g/mol. The van der Waals surface area contributed by atoms with Crippen LogP contribution >= 0.6 is 0 Å². The Kier molecular flexibility index (Phi) is 6.09. The molecule has 0 radical (unpaired) electrons. The van der Waals surface area contributed by atoms with Crippen molar-refractivity contribution in [1.29, 1.82) is 0 Å². The first-order valence-electron chi connectivity index (χ1n) is 13.5. The van der Waals surface area contributed by atoms with Gasteiger partial charge < -0.3 is 10.1 Å². The Morgan fingerprint density at radius 1 is 1.02 bits per heavy atom. The lowest BCUT2D eigenvalue weighted by Crippen LogP contribution is -2.26. The lowest BCUT2D eigenvalue weighted by molar-refractivity contribution is -0.0298. The largest absolute Gasteiger partial charge is 0.360 e. The Morgan fingerprint density at radius 2 is 1.93 bits per heavy atom. The molecule has 1 aliphatic heterocycles. The molecule has 5 heterocycles. The van der Waals surface area contributed by atoms with E-state index < -0.39 is 0 Å². The first kappa shape index (κ1) is 24.2. The summed E-state index contributed by atoms with van der Waals surface area (Å²) in [4.78, 5) is 27.9. The second-order valence-corrected chi connectivity index (χ2v) is 9.97. The number of rotatable bonds is 6. The minimum Gasteiger partial charge on any atom is -0.360 e. The number of ether oxygens (including phenoxy) is 1. The maximum Gasteiger partial charge on any atom is 0.265 e. The highest BCUT2D eigenvalue weighted by atomic mass is 16.5. The number of hydrogen-bond acceptors (Lipinski definition) is 7. The average molecular weight is 533 g/mol. The third-order valence-corrected chi connectivity index (χ3v) is 7.44. The number of anilines is 1. The zero-order valence-electron chi connectivity index (χ0n) is 22.0. The molecule has 0 saturated carbocycles. The fourth-order valence-electron chi connectivity index (χ4n) is 5.52. The lowest BCUT2D eigenvalue weighted by Gasteiger charge is -2.24. The molecule has 2 atom stereocenters. The molecule has 0 amide bonds. The fraction of sp³-hybridized carbons (Fsp3) is 0.233. The number of imidazole rings is 1. The van der Waals surface area contributed by atoms with Gasteiger partial charge in [-0.15, -0.1) is 0 Å². The molecule has 6 aromatic rings. The van der Waals surface area contributed by atoms with Gasteiger partial charge in [0.1, 0.15) is 12.6 Å². The third-order valence-electron chi connectivity index (χ3n) is 7.44. The predicted molar refractivity (Wildman–Crippen MR) is 153 cm³/mol. The molecule has 1 aliphatic rings. The van der Waals surface area contributed by atoms with Gasteiger partial charge in [-0.3, -0.25) is 13.9 Å². The van der Waals surface area contributed by atoms with E-state index in [9.17, 15) is 4.79 Å². The van der Waals surface area contributed by atoms with Crippen LogP contribution in [0.5, 0.6) is 0 Å². The summed E-state index contributed by atoms with van der Waals surface area (Å²) in [6.07, 6.45) is 9.90. The second-order valence-electron chi connectivity index (χ2n) is 9.97. The minimum absolute atomic E-state index is 0.0772. The molecule has 1 saturated heterocycles. The number of para-hydroxylation sites is 1. The number of nitrogens with zero attached hydrogens (tertiary/aromatic N) is 7. The van der Waals surface area contributed by atoms with Crippen LogP contribution in [0.2, 0.25) is 0 Å². The Hall–Kier alpha value is -4.83. The molecule has 200 valence electrons. The van der Waals surface area contributed by atoms with Crippen molar-refractivity contribution >= 4 is 27.8 Å². The van der Waals surface area contributed by atoms with E-state index in [4.69, 9.17) is 4.74 Å². The van der Waals surface area contributed by atoms with Gasteiger partial charge in [0, 0.05) is 30.4 Å². The van der Waals surface area contributed by atoms with Crippen molar-refractivity contribution < 1.29 is 4.74 Å². The number of hydrogen-bond donors (Lipinski definition) is 1. The van der Waals surface area contributed by atoms with Crippen molar-refractivity contribution in [3.8, 4) is 11.4 Å². The molecule has 1 N–H and O–H groups in total. The van der Waals surface area contributed by atoms with E-state index >= 15 is 0 Å². The Bertz CT molecular complexity index is 1850. The highest BCUT2D eigenvalue weighted by Gasteiger charge is 2.23. The quantitative estimate of drug-likeness (QED) is 0.315. The highest BCUT2D eigenvalue weighted by molar-refractivity contribution is 5.90. The van der Waals surface area contributed by atoms with Crippen LogP contribution in [0.15, 0.2) is 90.5 Å². The van der Waals surface area contributed by atoms with Crippen molar-refractivity contribution in [2.24, 2.45) is 0 Å². The van der Waals surface area contributed by atoms with Crippen LogP contribution in [0.3, 0.4) is 0 Å². The summed E-state index contributed by atoms with van der Waals surface area (Å²) < 4.78 is 11.4. The number of nitrogens with one attached hydrogen (secondary N) is 1. The highest BCUT2D eigenvalue weighted by Crippen LogP contribution is 2.30. The molecule has 1 fully saturated rings. The van der Waals surface area contributed by atoms with E-state index in [2.05, 4.69) is 31.4 Å². The molecule has 10 nitrogen and oxygen atoms in total. The summed E-state index contributed by atoms with van der Waals surface area (Å²) in [6, 6.07) is 19.1. The van der Waals surface area contributed by atoms with E-state index in [1.807, 2.05) is 72.3 Å². The molecule has 1 unspecified atom stereocenters. The van der Waals surface area contributed by atoms with Crippen LogP contribution in [0, 0.1) is 0 Å². The number of pyridine rings is 1. The molecule has 0 spiro atoms. The van der Waals surface area contributed by atoms with Gasteiger partial charge in [0.05, 0.1) is 23.4 Å². The molecular weight excluding hydrogens is 504 g/mol. The summed E-state index contributed by atoms with van der Waals surface area (Å²) >= 11 is 0.